The fourth-order valence-corrected chi connectivity index (χ4v) is 5.90. The van der Waals surface area contributed by atoms with E-state index in [4.69, 9.17) is 4.99 Å². The molecule has 1 saturated heterocycles. The van der Waals surface area contributed by atoms with Gasteiger partial charge in [-0.1, -0.05) is 42.4 Å². The van der Waals surface area contributed by atoms with E-state index >= 15 is 0 Å². The number of piperazine rings is 1. The molecule has 174 valence electrons. The standard InChI is InChI=1S/C29H31N3OS/c1-5-25-24-16-20(3)9-11-27(24)34-28-12-10-22(17-26(28)30-25)29(33)31-13-14-32(21(4)18-31)23-8-6-7-19(2)15-23/h6-12,15-17,21H,5,13-14,18H2,1-4H3. The van der Waals surface area contributed by atoms with Gasteiger partial charge in [0, 0.05) is 58.0 Å². The van der Waals surface area contributed by atoms with Crippen LogP contribution in [0.2, 0.25) is 0 Å². The lowest BCUT2D eigenvalue weighted by Gasteiger charge is -2.41. The number of hydrogen-bond acceptors (Lipinski definition) is 4. The molecule has 2 heterocycles. The summed E-state index contributed by atoms with van der Waals surface area (Å²) in [5.74, 6) is 0.0920. The topological polar surface area (TPSA) is 35.9 Å². The minimum absolute atomic E-state index is 0.0920. The Morgan fingerprint density at radius 2 is 1.79 bits per heavy atom. The molecule has 34 heavy (non-hydrogen) atoms. The maximum absolute atomic E-state index is 13.5. The molecular formula is C29H31N3OS. The third-order valence-electron chi connectivity index (χ3n) is 6.71. The van der Waals surface area contributed by atoms with E-state index in [0.29, 0.717) is 6.54 Å². The molecular weight excluding hydrogens is 438 g/mol. The number of nitrogens with zero attached hydrogens (tertiary/aromatic N) is 3. The number of carbonyl (C=O) groups excluding carboxylic acids is 1. The van der Waals surface area contributed by atoms with Crippen LogP contribution < -0.4 is 4.90 Å². The van der Waals surface area contributed by atoms with Crippen LogP contribution in [-0.2, 0) is 0 Å². The highest BCUT2D eigenvalue weighted by Gasteiger charge is 2.28. The summed E-state index contributed by atoms with van der Waals surface area (Å²) in [5.41, 5.74) is 7.63. The largest absolute Gasteiger partial charge is 0.365 e. The minimum Gasteiger partial charge on any atom is -0.365 e. The fourth-order valence-electron chi connectivity index (χ4n) is 4.89. The van der Waals surface area contributed by atoms with Gasteiger partial charge in [0.15, 0.2) is 0 Å². The Kier molecular flexibility index (Phi) is 6.22. The van der Waals surface area contributed by atoms with Crippen molar-refractivity contribution in [3.05, 3.63) is 82.9 Å². The van der Waals surface area contributed by atoms with Crippen molar-refractivity contribution in [3.63, 3.8) is 0 Å². The zero-order valence-electron chi connectivity index (χ0n) is 20.3. The van der Waals surface area contributed by atoms with Crippen LogP contribution in [-0.4, -0.2) is 42.2 Å². The second-order valence-corrected chi connectivity index (χ2v) is 10.4. The molecule has 2 aliphatic heterocycles. The first kappa shape index (κ1) is 22.7. The van der Waals surface area contributed by atoms with Crippen molar-refractivity contribution >= 4 is 34.8 Å². The van der Waals surface area contributed by atoms with Gasteiger partial charge in [-0.2, -0.15) is 0 Å². The predicted octanol–water partition coefficient (Wildman–Crippen LogP) is 6.65. The van der Waals surface area contributed by atoms with Crippen molar-refractivity contribution in [2.24, 2.45) is 4.99 Å². The quantitative estimate of drug-likeness (QED) is 0.431. The van der Waals surface area contributed by atoms with Crippen molar-refractivity contribution in [2.75, 3.05) is 24.5 Å². The Balaban J connectivity index is 1.38. The monoisotopic (exact) mass is 469 g/mol. The Morgan fingerprint density at radius 1 is 1.00 bits per heavy atom. The van der Waals surface area contributed by atoms with E-state index in [0.717, 1.165) is 41.4 Å². The van der Waals surface area contributed by atoms with Gasteiger partial charge < -0.3 is 9.80 Å². The number of fused-ring (bicyclic) bond motifs is 2. The SMILES string of the molecule is CCC1=Nc2cc(C(=O)N3CCN(c4cccc(C)c4)C(C)C3)ccc2Sc2ccc(C)cc21. The lowest BCUT2D eigenvalue weighted by Crippen LogP contribution is -2.53. The second-order valence-electron chi connectivity index (χ2n) is 9.33. The Morgan fingerprint density at radius 3 is 2.56 bits per heavy atom. The van der Waals surface area contributed by atoms with Crippen LogP contribution in [0, 0.1) is 13.8 Å². The van der Waals surface area contributed by atoms with E-state index in [-0.39, 0.29) is 11.9 Å². The molecule has 0 aromatic heterocycles. The van der Waals surface area contributed by atoms with Gasteiger partial charge in [0.25, 0.3) is 5.91 Å². The minimum atomic E-state index is 0.0920. The highest BCUT2D eigenvalue weighted by Crippen LogP contribution is 2.41. The van der Waals surface area contributed by atoms with E-state index in [9.17, 15) is 4.79 Å². The third-order valence-corrected chi connectivity index (χ3v) is 7.85. The molecule has 3 aromatic rings. The molecule has 1 fully saturated rings. The second kappa shape index (κ2) is 9.30. The average molecular weight is 470 g/mol. The normalized spacial score (nSPS) is 17.5. The first-order chi connectivity index (χ1) is 16.4. The van der Waals surface area contributed by atoms with Crippen molar-refractivity contribution < 1.29 is 4.79 Å². The number of anilines is 1. The summed E-state index contributed by atoms with van der Waals surface area (Å²) in [6.45, 7) is 10.9. The molecule has 1 unspecified atom stereocenters. The van der Waals surface area contributed by atoms with Gasteiger partial charge in [0.1, 0.15) is 0 Å². The van der Waals surface area contributed by atoms with Crippen LogP contribution in [0.5, 0.6) is 0 Å². The summed E-state index contributed by atoms with van der Waals surface area (Å²) in [5, 5.41) is 0. The summed E-state index contributed by atoms with van der Waals surface area (Å²) in [4.78, 5) is 25.2. The van der Waals surface area contributed by atoms with Gasteiger partial charge in [0.05, 0.1) is 5.69 Å². The number of carbonyl (C=O) groups is 1. The van der Waals surface area contributed by atoms with E-state index in [2.05, 4.69) is 81.1 Å². The van der Waals surface area contributed by atoms with E-state index in [1.54, 1.807) is 11.8 Å². The lowest BCUT2D eigenvalue weighted by molar-refractivity contribution is 0.0726. The molecule has 0 bridgehead atoms. The van der Waals surface area contributed by atoms with Gasteiger partial charge in [-0.05, 0) is 75.2 Å². The fraction of sp³-hybridized carbons (Fsp3) is 0.310. The van der Waals surface area contributed by atoms with Crippen LogP contribution in [0.25, 0.3) is 0 Å². The van der Waals surface area contributed by atoms with Crippen LogP contribution in [0.3, 0.4) is 0 Å². The molecule has 0 aliphatic carbocycles. The molecule has 2 aliphatic rings. The van der Waals surface area contributed by atoms with E-state index in [1.165, 1.54) is 27.3 Å². The summed E-state index contributed by atoms with van der Waals surface area (Å²) >= 11 is 1.74. The molecule has 0 spiro atoms. The lowest BCUT2D eigenvalue weighted by atomic mass is 10.0. The van der Waals surface area contributed by atoms with Crippen molar-refractivity contribution in [1.29, 1.82) is 0 Å². The van der Waals surface area contributed by atoms with Gasteiger partial charge in [-0.25, -0.2) is 0 Å². The maximum atomic E-state index is 13.5. The molecule has 1 amide bonds. The molecule has 5 rings (SSSR count). The van der Waals surface area contributed by atoms with Crippen LogP contribution in [0.1, 0.15) is 47.3 Å². The highest BCUT2D eigenvalue weighted by molar-refractivity contribution is 7.99. The van der Waals surface area contributed by atoms with Crippen LogP contribution in [0.15, 0.2) is 75.4 Å². The van der Waals surface area contributed by atoms with Crippen molar-refractivity contribution in [3.8, 4) is 0 Å². The first-order valence-corrected chi connectivity index (χ1v) is 12.9. The Labute approximate surface area is 206 Å². The number of rotatable bonds is 3. The third kappa shape index (κ3) is 4.37. The smallest absolute Gasteiger partial charge is 0.254 e. The summed E-state index contributed by atoms with van der Waals surface area (Å²) in [6, 6.07) is 21.4. The molecule has 0 saturated carbocycles. The summed E-state index contributed by atoms with van der Waals surface area (Å²) in [6.07, 6.45) is 0.854. The number of aliphatic imine (C=N–C) groups is 1. The molecule has 3 aromatic carbocycles. The molecule has 1 atom stereocenters. The Bertz CT molecular complexity index is 1280. The first-order valence-electron chi connectivity index (χ1n) is 12.1. The highest BCUT2D eigenvalue weighted by atomic mass is 32.2. The number of amides is 1. The summed E-state index contributed by atoms with van der Waals surface area (Å²) in [7, 11) is 0. The van der Waals surface area contributed by atoms with Gasteiger partial charge >= 0.3 is 0 Å². The van der Waals surface area contributed by atoms with Crippen molar-refractivity contribution in [1.82, 2.24) is 4.90 Å². The van der Waals surface area contributed by atoms with Gasteiger partial charge in [-0.15, -0.1) is 0 Å². The summed E-state index contributed by atoms with van der Waals surface area (Å²) < 4.78 is 0. The van der Waals surface area contributed by atoms with Crippen molar-refractivity contribution in [2.45, 2.75) is 49.9 Å². The predicted molar refractivity (Wildman–Crippen MR) is 142 cm³/mol. The van der Waals surface area contributed by atoms with Crippen LogP contribution >= 0.6 is 11.8 Å². The van der Waals surface area contributed by atoms with Gasteiger partial charge in [0.2, 0.25) is 0 Å². The molecule has 5 heteroatoms. The number of hydrogen-bond donors (Lipinski definition) is 0. The van der Waals surface area contributed by atoms with E-state index < -0.39 is 0 Å². The number of benzene rings is 3. The van der Waals surface area contributed by atoms with Crippen LogP contribution in [0.4, 0.5) is 11.4 Å². The molecule has 0 radical (unpaired) electrons. The maximum Gasteiger partial charge on any atom is 0.254 e. The molecule has 4 nitrogen and oxygen atoms in total. The molecule has 0 N–H and O–H groups in total. The number of aryl methyl sites for hydroxylation is 2. The zero-order valence-corrected chi connectivity index (χ0v) is 21.2. The van der Waals surface area contributed by atoms with Gasteiger partial charge in [-0.3, -0.25) is 9.79 Å². The average Bonchev–Trinajstić information content (AvgIpc) is 2.99. The van der Waals surface area contributed by atoms with E-state index in [1.807, 2.05) is 17.0 Å². The zero-order chi connectivity index (χ0) is 23.8. The Hall–Kier alpha value is -3.05.